The molecule has 2 aromatic carbocycles. The number of aromatic nitrogens is 3. The molecule has 0 amide bonds. The molecule has 0 N–H and O–H groups in total. The molecule has 0 spiro atoms. The summed E-state index contributed by atoms with van der Waals surface area (Å²) in [5.41, 5.74) is 2.52. The predicted octanol–water partition coefficient (Wildman–Crippen LogP) is 3.19. The maximum absolute atomic E-state index is 12.9. The smallest absolute Gasteiger partial charge is 0.262 e. The van der Waals surface area contributed by atoms with Gasteiger partial charge >= 0.3 is 0 Å². The summed E-state index contributed by atoms with van der Waals surface area (Å²) in [4.78, 5) is 17.6. The fraction of sp³-hybridized carbons (Fsp3) is 0.100. The summed E-state index contributed by atoms with van der Waals surface area (Å²) in [6.07, 6.45) is 5.49. The highest BCUT2D eigenvalue weighted by Crippen LogP contribution is 2.26. The van der Waals surface area contributed by atoms with Gasteiger partial charge in [0.15, 0.2) is 5.82 Å². The molecule has 0 saturated carbocycles. The third kappa shape index (κ3) is 2.03. The van der Waals surface area contributed by atoms with Crippen LogP contribution in [0.15, 0.2) is 59.4 Å². The molecule has 0 bridgehead atoms. The molecule has 0 aliphatic heterocycles. The van der Waals surface area contributed by atoms with Gasteiger partial charge in [-0.1, -0.05) is 36.3 Å². The number of fused-ring (bicyclic) bond motifs is 2. The van der Waals surface area contributed by atoms with Crippen LogP contribution in [-0.2, 0) is 13.6 Å². The molecule has 4 nitrogen and oxygen atoms in total. The van der Waals surface area contributed by atoms with Crippen LogP contribution in [0, 0.1) is 12.3 Å². The van der Waals surface area contributed by atoms with Gasteiger partial charge in [0.1, 0.15) is 0 Å². The third-order valence-electron chi connectivity index (χ3n) is 4.29. The van der Waals surface area contributed by atoms with E-state index in [1.807, 2.05) is 60.1 Å². The minimum absolute atomic E-state index is 0.112. The Bertz CT molecular complexity index is 1180. The zero-order valence-corrected chi connectivity index (χ0v) is 13.2. The Hall–Kier alpha value is -3.32. The second-order valence-corrected chi connectivity index (χ2v) is 5.70. The van der Waals surface area contributed by atoms with Crippen molar-refractivity contribution in [3.8, 4) is 23.9 Å². The zero-order chi connectivity index (χ0) is 16.7. The Morgan fingerprint density at radius 1 is 1.12 bits per heavy atom. The third-order valence-corrected chi connectivity index (χ3v) is 4.29. The van der Waals surface area contributed by atoms with E-state index in [1.165, 1.54) is 0 Å². The second kappa shape index (κ2) is 5.39. The van der Waals surface area contributed by atoms with E-state index in [-0.39, 0.29) is 12.1 Å². The highest BCUT2D eigenvalue weighted by molar-refractivity contribution is 5.87. The minimum atomic E-state index is -0.112. The molecule has 0 radical (unpaired) electrons. The summed E-state index contributed by atoms with van der Waals surface area (Å²) >= 11 is 0. The standard InChI is InChI=1S/C20H15N3O/c1-3-12-23-19(21-16-10-6-5-9-15(16)20(23)24)18-13-14-8-4-7-11-17(14)22(18)2/h1,4-11,13H,12H2,2H3. The molecule has 116 valence electrons. The highest BCUT2D eigenvalue weighted by Gasteiger charge is 2.16. The van der Waals surface area contributed by atoms with Gasteiger partial charge in [0.05, 0.1) is 23.1 Å². The van der Waals surface area contributed by atoms with E-state index >= 15 is 0 Å². The highest BCUT2D eigenvalue weighted by atomic mass is 16.1. The van der Waals surface area contributed by atoms with Gasteiger partial charge in [0, 0.05) is 18.0 Å². The Kier molecular flexibility index (Phi) is 3.21. The number of aryl methyl sites for hydroxylation is 1. The lowest BCUT2D eigenvalue weighted by molar-refractivity contribution is 0.782. The van der Waals surface area contributed by atoms with Crippen LogP contribution in [0.2, 0.25) is 0 Å². The van der Waals surface area contributed by atoms with Crippen molar-refractivity contribution >= 4 is 21.8 Å². The molecule has 0 fully saturated rings. The van der Waals surface area contributed by atoms with Gasteiger partial charge in [-0.2, -0.15) is 0 Å². The van der Waals surface area contributed by atoms with Gasteiger partial charge in [-0.3, -0.25) is 9.36 Å². The van der Waals surface area contributed by atoms with Gasteiger partial charge in [-0.15, -0.1) is 6.42 Å². The molecule has 0 unspecified atom stereocenters. The number of nitrogens with zero attached hydrogens (tertiary/aromatic N) is 3. The fourth-order valence-electron chi connectivity index (χ4n) is 3.11. The van der Waals surface area contributed by atoms with Crippen LogP contribution in [0.4, 0.5) is 0 Å². The molecular formula is C20H15N3O. The van der Waals surface area contributed by atoms with E-state index in [4.69, 9.17) is 11.4 Å². The lowest BCUT2D eigenvalue weighted by atomic mass is 10.2. The average Bonchev–Trinajstić information content (AvgIpc) is 2.94. The number of benzene rings is 2. The van der Waals surface area contributed by atoms with Gasteiger partial charge in [-0.05, 0) is 24.3 Å². The van der Waals surface area contributed by atoms with Crippen LogP contribution < -0.4 is 5.56 Å². The van der Waals surface area contributed by atoms with Crippen molar-refractivity contribution in [2.45, 2.75) is 6.54 Å². The predicted molar refractivity (Wildman–Crippen MR) is 96.7 cm³/mol. The van der Waals surface area contributed by atoms with Gasteiger partial charge < -0.3 is 4.57 Å². The van der Waals surface area contributed by atoms with E-state index in [0.29, 0.717) is 16.7 Å². The Morgan fingerprint density at radius 2 is 1.88 bits per heavy atom. The maximum atomic E-state index is 12.9. The van der Waals surface area contributed by atoms with Crippen molar-refractivity contribution in [3.63, 3.8) is 0 Å². The van der Waals surface area contributed by atoms with E-state index in [2.05, 4.69) is 5.92 Å². The molecular weight excluding hydrogens is 298 g/mol. The Morgan fingerprint density at radius 3 is 2.67 bits per heavy atom. The van der Waals surface area contributed by atoms with Crippen molar-refractivity contribution in [2.75, 3.05) is 0 Å². The molecule has 2 aromatic heterocycles. The zero-order valence-electron chi connectivity index (χ0n) is 13.2. The van der Waals surface area contributed by atoms with Crippen molar-refractivity contribution in [1.82, 2.24) is 14.1 Å². The van der Waals surface area contributed by atoms with Crippen LogP contribution >= 0.6 is 0 Å². The van der Waals surface area contributed by atoms with E-state index in [9.17, 15) is 4.79 Å². The number of terminal acetylenes is 1. The normalized spacial score (nSPS) is 11.0. The lowest BCUT2D eigenvalue weighted by Crippen LogP contribution is -2.23. The number of para-hydroxylation sites is 2. The monoisotopic (exact) mass is 313 g/mol. The first kappa shape index (κ1) is 14.3. The maximum Gasteiger partial charge on any atom is 0.262 e. The summed E-state index contributed by atoms with van der Waals surface area (Å²) in [6, 6.07) is 17.5. The second-order valence-electron chi connectivity index (χ2n) is 5.70. The van der Waals surface area contributed by atoms with Gasteiger partial charge in [0.2, 0.25) is 0 Å². The van der Waals surface area contributed by atoms with Crippen molar-refractivity contribution in [2.24, 2.45) is 7.05 Å². The number of rotatable bonds is 2. The van der Waals surface area contributed by atoms with Crippen LogP contribution in [0.5, 0.6) is 0 Å². The Labute approximate surface area is 139 Å². The minimum Gasteiger partial charge on any atom is -0.341 e. The van der Waals surface area contributed by atoms with Gasteiger partial charge in [0.25, 0.3) is 5.56 Å². The molecule has 4 rings (SSSR count). The SMILES string of the molecule is C#CCn1c(-c2cc3ccccc3n2C)nc2ccccc2c1=O. The molecule has 2 heterocycles. The van der Waals surface area contributed by atoms with Crippen LogP contribution in [-0.4, -0.2) is 14.1 Å². The summed E-state index contributed by atoms with van der Waals surface area (Å²) in [5.74, 6) is 3.16. The first-order chi connectivity index (χ1) is 11.7. The molecule has 0 atom stereocenters. The van der Waals surface area contributed by atoms with Crippen molar-refractivity contribution in [1.29, 1.82) is 0 Å². The quantitative estimate of drug-likeness (QED) is 0.533. The number of hydrogen-bond acceptors (Lipinski definition) is 2. The molecule has 0 aliphatic carbocycles. The van der Waals surface area contributed by atoms with E-state index in [1.54, 1.807) is 10.6 Å². The van der Waals surface area contributed by atoms with Gasteiger partial charge in [-0.25, -0.2) is 4.98 Å². The summed E-state index contributed by atoms with van der Waals surface area (Å²) in [5, 5.41) is 1.68. The first-order valence-corrected chi connectivity index (χ1v) is 7.68. The van der Waals surface area contributed by atoms with Crippen LogP contribution in [0.25, 0.3) is 33.3 Å². The van der Waals surface area contributed by atoms with Crippen LogP contribution in [0.3, 0.4) is 0 Å². The molecule has 0 aliphatic rings. The molecule has 0 saturated heterocycles. The molecule has 4 heteroatoms. The molecule has 24 heavy (non-hydrogen) atoms. The van der Waals surface area contributed by atoms with E-state index in [0.717, 1.165) is 16.6 Å². The summed E-state index contributed by atoms with van der Waals surface area (Å²) < 4.78 is 3.61. The lowest BCUT2D eigenvalue weighted by Gasteiger charge is -2.12. The first-order valence-electron chi connectivity index (χ1n) is 7.68. The van der Waals surface area contributed by atoms with E-state index < -0.39 is 0 Å². The summed E-state index contributed by atoms with van der Waals surface area (Å²) in [7, 11) is 1.97. The van der Waals surface area contributed by atoms with Crippen molar-refractivity contribution in [3.05, 3.63) is 65.0 Å². The Balaban J connectivity index is 2.11. The average molecular weight is 313 g/mol. The van der Waals surface area contributed by atoms with Crippen LogP contribution in [0.1, 0.15) is 0 Å². The topological polar surface area (TPSA) is 39.8 Å². The summed E-state index contributed by atoms with van der Waals surface area (Å²) in [6.45, 7) is 0.188. The molecule has 4 aromatic rings. The largest absolute Gasteiger partial charge is 0.341 e. The fourth-order valence-corrected chi connectivity index (χ4v) is 3.11. The van der Waals surface area contributed by atoms with Crippen molar-refractivity contribution < 1.29 is 0 Å². The number of hydrogen-bond donors (Lipinski definition) is 0.